The first-order valence-corrected chi connectivity index (χ1v) is 8.54. The van der Waals surface area contributed by atoms with Crippen molar-refractivity contribution >= 4 is 22.6 Å². The molecule has 0 spiro atoms. The second kappa shape index (κ2) is 5.80. The largest absolute Gasteiger partial charge is 0.345 e. The average Bonchev–Trinajstić information content (AvgIpc) is 3.24. The molecule has 26 heavy (non-hydrogen) atoms. The Balaban J connectivity index is 1.40. The zero-order valence-electron chi connectivity index (χ0n) is 13.9. The van der Waals surface area contributed by atoms with Crippen LogP contribution in [0.15, 0.2) is 48.8 Å². The molecule has 3 heterocycles. The third kappa shape index (κ3) is 2.63. The summed E-state index contributed by atoms with van der Waals surface area (Å²) in [4.78, 5) is 24.4. The number of fused-ring (bicyclic) bond motifs is 1. The van der Waals surface area contributed by atoms with E-state index in [1.54, 1.807) is 12.4 Å². The fourth-order valence-electron chi connectivity index (χ4n) is 3.02. The monoisotopic (exact) mass is 344 g/mol. The van der Waals surface area contributed by atoms with Crippen molar-refractivity contribution in [1.29, 1.82) is 0 Å². The predicted octanol–water partition coefficient (Wildman–Crippen LogP) is 3.48. The zero-order valence-corrected chi connectivity index (χ0v) is 13.9. The molecule has 3 N–H and O–H groups in total. The maximum Gasteiger partial charge on any atom is 0.257 e. The van der Waals surface area contributed by atoms with E-state index in [1.807, 2.05) is 36.4 Å². The van der Waals surface area contributed by atoms with Crippen LogP contribution in [0.25, 0.3) is 22.4 Å². The molecule has 0 bridgehead atoms. The van der Waals surface area contributed by atoms with E-state index in [0.29, 0.717) is 28.6 Å². The SMILES string of the molecule is O=C(Nc1cccc(-c2n[nH]c(C3CC3)n2)c1)c1c[nH]c2ncccc12. The molecule has 7 heteroatoms. The molecule has 0 radical (unpaired) electrons. The second-order valence-electron chi connectivity index (χ2n) is 6.46. The number of carbonyl (C=O) groups is 1. The minimum Gasteiger partial charge on any atom is -0.345 e. The van der Waals surface area contributed by atoms with Gasteiger partial charge >= 0.3 is 0 Å². The maximum absolute atomic E-state index is 12.6. The number of amides is 1. The summed E-state index contributed by atoms with van der Waals surface area (Å²) in [6.07, 6.45) is 5.71. The van der Waals surface area contributed by atoms with Crippen LogP contribution in [0, 0.1) is 0 Å². The summed E-state index contributed by atoms with van der Waals surface area (Å²) in [5, 5.41) is 11.0. The number of anilines is 1. The number of aromatic amines is 2. The first-order chi connectivity index (χ1) is 12.8. The number of rotatable bonds is 4. The van der Waals surface area contributed by atoms with Crippen molar-refractivity contribution in [3.8, 4) is 11.4 Å². The lowest BCUT2D eigenvalue weighted by Crippen LogP contribution is -2.11. The Morgan fingerprint density at radius 2 is 2.12 bits per heavy atom. The second-order valence-corrected chi connectivity index (χ2v) is 6.46. The van der Waals surface area contributed by atoms with Crippen LogP contribution in [-0.2, 0) is 0 Å². The summed E-state index contributed by atoms with van der Waals surface area (Å²) in [5.74, 6) is 1.93. The van der Waals surface area contributed by atoms with Gasteiger partial charge in [-0.2, -0.15) is 5.10 Å². The minimum atomic E-state index is -0.185. The van der Waals surface area contributed by atoms with E-state index >= 15 is 0 Å². The summed E-state index contributed by atoms with van der Waals surface area (Å²) in [5.41, 5.74) is 2.82. The maximum atomic E-state index is 12.6. The molecular weight excluding hydrogens is 328 g/mol. The molecule has 1 aliphatic carbocycles. The van der Waals surface area contributed by atoms with Crippen molar-refractivity contribution < 1.29 is 4.79 Å². The van der Waals surface area contributed by atoms with Gasteiger partial charge in [-0.05, 0) is 37.1 Å². The molecule has 1 fully saturated rings. The lowest BCUT2D eigenvalue weighted by molar-refractivity contribution is 0.102. The molecule has 0 aliphatic heterocycles. The molecule has 3 aromatic heterocycles. The molecule has 7 nitrogen and oxygen atoms in total. The quantitative estimate of drug-likeness (QED) is 0.528. The molecule has 1 aliphatic rings. The Morgan fingerprint density at radius 3 is 3.00 bits per heavy atom. The number of nitrogens with one attached hydrogen (secondary N) is 3. The van der Waals surface area contributed by atoms with Crippen LogP contribution in [0.1, 0.15) is 34.9 Å². The smallest absolute Gasteiger partial charge is 0.257 e. The molecule has 1 amide bonds. The normalized spacial score (nSPS) is 13.8. The van der Waals surface area contributed by atoms with Gasteiger partial charge in [-0.3, -0.25) is 9.89 Å². The Kier molecular flexibility index (Phi) is 3.31. The fourth-order valence-corrected chi connectivity index (χ4v) is 3.02. The molecule has 0 atom stereocenters. The predicted molar refractivity (Wildman–Crippen MR) is 97.8 cm³/mol. The standard InChI is InChI=1S/C19H16N6O/c26-19(15-10-21-18-14(15)5-2-8-20-18)22-13-4-1-3-12(9-13)17-23-16(24-25-17)11-6-7-11/h1-5,8-11H,6-7H2,(H,20,21)(H,22,26)(H,23,24,25). The van der Waals surface area contributed by atoms with Gasteiger partial charge in [-0.15, -0.1) is 0 Å². The number of benzene rings is 1. The molecule has 1 aromatic carbocycles. The van der Waals surface area contributed by atoms with Crippen molar-refractivity contribution in [2.45, 2.75) is 18.8 Å². The topological polar surface area (TPSA) is 99.4 Å². The summed E-state index contributed by atoms with van der Waals surface area (Å²) >= 11 is 0. The average molecular weight is 344 g/mol. The van der Waals surface area contributed by atoms with Crippen LogP contribution in [-0.4, -0.2) is 31.1 Å². The van der Waals surface area contributed by atoms with Gasteiger partial charge in [0, 0.05) is 34.9 Å². The Morgan fingerprint density at radius 1 is 1.19 bits per heavy atom. The van der Waals surface area contributed by atoms with Crippen LogP contribution in [0.4, 0.5) is 5.69 Å². The third-order valence-corrected chi connectivity index (χ3v) is 4.54. The highest BCUT2D eigenvalue weighted by Gasteiger charge is 2.27. The highest BCUT2D eigenvalue weighted by Crippen LogP contribution is 2.38. The highest BCUT2D eigenvalue weighted by molar-refractivity contribution is 6.12. The summed E-state index contributed by atoms with van der Waals surface area (Å²) in [7, 11) is 0. The lowest BCUT2D eigenvalue weighted by Gasteiger charge is -2.05. The van der Waals surface area contributed by atoms with E-state index < -0.39 is 0 Å². The van der Waals surface area contributed by atoms with Crippen molar-refractivity contribution in [3.63, 3.8) is 0 Å². The Bertz CT molecular complexity index is 1110. The number of nitrogens with zero attached hydrogens (tertiary/aromatic N) is 3. The summed E-state index contributed by atoms with van der Waals surface area (Å²) in [6, 6.07) is 11.2. The first-order valence-electron chi connectivity index (χ1n) is 8.54. The number of hydrogen-bond donors (Lipinski definition) is 3. The fraction of sp³-hybridized carbons (Fsp3) is 0.158. The van der Waals surface area contributed by atoms with Gasteiger partial charge in [0.1, 0.15) is 11.5 Å². The van der Waals surface area contributed by atoms with Crippen molar-refractivity contribution in [2.75, 3.05) is 5.32 Å². The van der Waals surface area contributed by atoms with E-state index in [4.69, 9.17) is 0 Å². The molecule has 5 rings (SSSR count). The number of carbonyl (C=O) groups excluding carboxylic acids is 1. The van der Waals surface area contributed by atoms with Gasteiger partial charge in [0.25, 0.3) is 5.91 Å². The van der Waals surface area contributed by atoms with E-state index in [9.17, 15) is 4.79 Å². The molecular formula is C19H16N6O. The number of hydrogen-bond acceptors (Lipinski definition) is 4. The van der Waals surface area contributed by atoms with Crippen molar-refractivity contribution in [1.82, 2.24) is 25.1 Å². The van der Waals surface area contributed by atoms with Crippen LogP contribution in [0.3, 0.4) is 0 Å². The first kappa shape index (κ1) is 14.8. The van der Waals surface area contributed by atoms with Gasteiger partial charge in [-0.25, -0.2) is 9.97 Å². The zero-order chi connectivity index (χ0) is 17.5. The van der Waals surface area contributed by atoms with E-state index in [-0.39, 0.29) is 5.91 Å². The van der Waals surface area contributed by atoms with Crippen molar-refractivity contribution in [2.24, 2.45) is 0 Å². The van der Waals surface area contributed by atoms with E-state index in [0.717, 1.165) is 16.8 Å². The number of pyridine rings is 1. The minimum absolute atomic E-state index is 0.185. The van der Waals surface area contributed by atoms with Gasteiger partial charge in [0.2, 0.25) is 0 Å². The van der Waals surface area contributed by atoms with E-state index in [2.05, 4.69) is 30.5 Å². The van der Waals surface area contributed by atoms with Crippen LogP contribution in [0.2, 0.25) is 0 Å². The lowest BCUT2D eigenvalue weighted by atomic mass is 10.1. The number of aromatic nitrogens is 5. The Labute approximate surface area is 148 Å². The van der Waals surface area contributed by atoms with Gasteiger partial charge in [0.05, 0.1) is 5.56 Å². The molecule has 128 valence electrons. The highest BCUT2D eigenvalue weighted by atomic mass is 16.1. The molecule has 1 saturated carbocycles. The van der Waals surface area contributed by atoms with Crippen LogP contribution >= 0.6 is 0 Å². The molecule has 0 unspecified atom stereocenters. The Hall–Kier alpha value is -3.48. The summed E-state index contributed by atoms with van der Waals surface area (Å²) in [6.45, 7) is 0. The van der Waals surface area contributed by atoms with Gasteiger partial charge in [0.15, 0.2) is 5.82 Å². The molecule has 4 aromatic rings. The van der Waals surface area contributed by atoms with Crippen LogP contribution in [0.5, 0.6) is 0 Å². The number of H-pyrrole nitrogens is 2. The van der Waals surface area contributed by atoms with Crippen LogP contribution < -0.4 is 5.32 Å². The van der Waals surface area contributed by atoms with Gasteiger partial charge in [-0.1, -0.05) is 12.1 Å². The third-order valence-electron chi connectivity index (χ3n) is 4.54. The summed E-state index contributed by atoms with van der Waals surface area (Å²) < 4.78 is 0. The van der Waals surface area contributed by atoms with Crippen molar-refractivity contribution in [3.05, 3.63) is 60.2 Å². The van der Waals surface area contributed by atoms with E-state index in [1.165, 1.54) is 12.8 Å². The van der Waals surface area contributed by atoms with Gasteiger partial charge < -0.3 is 10.3 Å². The molecule has 0 saturated heterocycles.